The van der Waals surface area contributed by atoms with Crippen LogP contribution in [0.5, 0.6) is 0 Å². The fraction of sp³-hybridized carbons (Fsp3) is 0.318. The maximum Gasteiger partial charge on any atom is 0.278 e. The van der Waals surface area contributed by atoms with E-state index in [0.717, 1.165) is 16.7 Å². The molecule has 2 aromatic carbocycles. The van der Waals surface area contributed by atoms with Crippen LogP contribution in [0.25, 0.3) is 0 Å². The Morgan fingerprint density at radius 1 is 1.21 bits per heavy atom. The molecule has 1 aliphatic carbocycles. The highest BCUT2D eigenvalue weighted by Crippen LogP contribution is 2.47. The van der Waals surface area contributed by atoms with Crippen LogP contribution >= 0.6 is 0 Å². The molecule has 2 aromatic rings. The van der Waals surface area contributed by atoms with Gasteiger partial charge >= 0.3 is 0 Å². The first-order valence-electron chi connectivity index (χ1n) is 9.50. The fourth-order valence-corrected chi connectivity index (χ4v) is 4.46. The highest BCUT2D eigenvalue weighted by molar-refractivity contribution is 5.82. The summed E-state index contributed by atoms with van der Waals surface area (Å²) in [7, 11) is 0. The Hall–Kier alpha value is -3.22. The number of rotatable bonds is 4. The molecular weight excluding hydrogens is 375 g/mol. The molecule has 0 unspecified atom stereocenters. The Morgan fingerprint density at radius 3 is 2.48 bits per heavy atom. The lowest BCUT2D eigenvalue weighted by molar-refractivity contribution is -0.581. The molecule has 4 rings (SSSR count). The van der Waals surface area contributed by atoms with Crippen LogP contribution in [0.15, 0.2) is 60.9 Å². The number of carbonyl (C=O) groups is 1. The Bertz CT molecular complexity index is 967. The molecule has 0 aromatic heterocycles. The van der Waals surface area contributed by atoms with Crippen molar-refractivity contribution in [2.24, 2.45) is 5.92 Å². The predicted octanol–water partition coefficient (Wildman–Crippen LogP) is 3.80. The number of carbonyl (C=O) groups excluding carboxylic acids is 1. The van der Waals surface area contributed by atoms with Crippen molar-refractivity contribution in [1.82, 2.24) is 4.90 Å². The van der Waals surface area contributed by atoms with Crippen LogP contribution in [0, 0.1) is 21.8 Å². The van der Waals surface area contributed by atoms with E-state index in [4.69, 9.17) is 0 Å². The Morgan fingerprint density at radius 2 is 1.86 bits per heavy atom. The molecule has 1 saturated carbocycles. The van der Waals surface area contributed by atoms with Crippen LogP contribution in [0.1, 0.15) is 35.6 Å². The summed E-state index contributed by atoms with van der Waals surface area (Å²) in [5.41, 5.74) is 1.26. The first-order valence-corrected chi connectivity index (χ1v) is 9.50. The topological polar surface area (TPSA) is 83.7 Å². The lowest BCUT2D eigenvalue weighted by Crippen LogP contribution is -2.57. The van der Waals surface area contributed by atoms with E-state index < -0.39 is 22.1 Å². The highest BCUT2D eigenvalue weighted by Gasteiger charge is 2.61. The van der Waals surface area contributed by atoms with Gasteiger partial charge in [-0.3, -0.25) is 14.9 Å². The quantitative estimate of drug-likeness (QED) is 0.484. The van der Waals surface area contributed by atoms with Gasteiger partial charge in [0.2, 0.25) is 5.91 Å². The van der Waals surface area contributed by atoms with E-state index in [1.54, 1.807) is 17.0 Å². The van der Waals surface area contributed by atoms with Crippen molar-refractivity contribution in [3.8, 4) is 0 Å². The number of nitro groups is 1. The third kappa shape index (κ3) is 3.06. The van der Waals surface area contributed by atoms with Crippen molar-refractivity contribution in [3.05, 3.63) is 93.5 Å². The van der Waals surface area contributed by atoms with E-state index in [9.17, 15) is 24.4 Å². The van der Waals surface area contributed by atoms with Gasteiger partial charge in [-0.25, -0.2) is 4.39 Å². The Kier molecular flexibility index (Phi) is 4.61. The molecule has 1 aliphatic heterocycles. The second-order valence-corrected chi connectivity index (χ2v) is 7.78. The smallest absolute Gasteiger partial charge is 0.278 e. The van der Waals surface area contributed by atoms with Crippen LogP contribution in [-0.4, -0.2) is 32.9 Å². The fourth-order valence-electron chi connectivity index (χ4n) is 4.46. The van der Waals surface area contributed by atoms with Crippen molar-refractivity contribution >= 4 is 5.91 Å². The lowest BCUT2D eigenvalue weighted by atomic mass is 9.66. The molecular formula is C22H21FN2O4. The van der Waals surface area contributed by atoms with E-state index in [2.05, 4.69) is 6.58 Å². The third-order valence-corrected chi connectivity index (χ3v) is 6.16. The van der Waals surface area contributed by atoms with Crippen LogP contribution in [0.2, 0.25) is 0 Å². The standard InChI is InChI=1S/C22H21FN2O4/c1-14(26)22(25(28)29)12-17(13-22)21(27)24-11-10-15-4-2-3-5-19(15)20(24)16-6-8-18(23)9-7-16/h2-9,17,20,26H,1,10-13H2/t17?,20-,22?/m0/s1. The van der Waals surface area contributed by atoms with E-state index >= 15 is 0 Å². The van der Waals surface area contributed by atoms with Crippen molar-refractivity contribution in [2.75, 3.05) is 6.54 Å². The van der Waals surface area contributed by atoms with E-state index in [-0.39, 0.29) is 30.6 Å². The van der Waals surface area contributed by atoms with Crippen molar-refractivity contribution in [2.45, 2.75) is 30.8 Å². The summed E-state index contributed by atoms with van der Waals surface area (Å²) >= 11 is 0. The number of hydrogen-bond acceptors (Lipinski definition) is 4. The SMILES string of the molecule is C=C(O)C1([N+](=O)[O-])CC(C(=O)N2CCc3ccccc3[C@@H]2c2ccc(F)cc2)C1. The molecule has 0 spiro atoms. The first kappa shape index (κ1) is 19.1. The Labute approximate surface area is 167 Å². The van der Waals surface area contributed by atoms with Gasteiger partial charge in [-0.2, -0.15) is 0 Å². The van der Waals surface area contributed by atoms with Gasteiger partial charge < -0.3 is 10.0 Å². The summed E-state index contributed by atoms with van der Waals surface area (Å²) in [6.07, 6.45) is 0.546. The van der Waals surface area contributed by atoms with Gasteiger partial charge in [0.25, 0.3) is 5.54 Å². The zero-order chi connectivity index (χ0) is 20.8. The summed E-state index contributed by atoms with van der Waals surface area (Å²) in [5.74, 6) is -1.61. The molecule has 150 valence electrons. The molecule has 29 heavy (non-hydrogen) atoms. The molecule has 1 amide bonds. The van der Waals surface area contributed by atoms with Crippen LogP contribution in [0.4, 0.5) is 4.39 Å². The maximum atomic E-state index is 13.5. The summed E-state index contributed by atoms with van der Waals surface area (Å²) in [4.78, 5) is 25.9. The van der Waals surface area contributed by atoms with Gasteiger partial charge in [0.05, 0.1) is 12.0 Å². The number of benzene rings is 2. The minimum absolute atomic E-state index is 0.0670. The van der Waals surface area contributed by atoms with E-state index in [0.29, 0.717) is 13.0 Å². The highest BCUT2D eigenvalue weighted by atomic mass is 19.1. The van der Waals surface area contributed by atoms with Crippen molar-refractivity contribution in [3.63, 3.8) is 0 Å². The number of aliphatic hydroxyl groups is 1. The van der Waals surface area contributed by atoms with Gasteiger partial charge in [-0.05, 0) is 35.2 Å². The van der Waals surface area contributed by atoms with Crippen LogP contribution < -0.4 is 0 Å². The minimum Gasteiger partial charge on any atom is -0.506 e. The number of aliphatic hydroxyl groups excluding tert-OH is 1. The Balaban J connectivity index is 1.66. The predicted molar refractivity (Wildman–Crippen MR) is 104 cm³/mol. The first-order chi connectivity index (χ1) is 13.8. The molecule has 1 fully saturated rings. The average molecular weight is 396 g/mol. The third-order valence-electron chi connectivity index (χ3n) is 6.16. The number of fused-ring (bicyclic) bond motifs is 1. The molecule has 0 saturated heterocycles. The van der Waals surface area contributed by atoms with Crippen LogP contribution in [0.3, 0.4) is 0 Å². The van der Waals surface area contributed by atoms with Gasteiger partial charge in [0, 0.05) is 24.3 Å². The molecule has 6 nitrogen and oxygen atoms in total. The molecule has 1 atom stereocenters. The maximum absolute atomic E-state index is 13.5. The summed E-state index contributed by atoms with van der Waals surface area (Å²) < 4.78 is 13.5. The van der Waals surface area contributed by atoms with Gasteiger partial charge in [0.1, 0.15) is 5.82 Å². The monoisotopic (exact) mass is 396 g/mol. The van der Waals surface area contributed by atoms with Crippen molar-refractivity contribution < 1.29 is 19.2 Å². The van der Waals surface area contributed by atoms with Gasteiger partial charge in [0.15, 0.2) is 5.76 Å². The number of nitrogens with zero attached hydrogens (tertiary/aromatic N) is 2. The van der Waals surface area contributed by atoms with Crippen molar-refractivity contribution in [1.29, 1.82) is 0 Å². The van der Waals surface area contributed by atoms with Gasteiger partial charge in [-0.1, -0.05) is 43.0 Å². The molecule has 0 radical (unpaired) electrons. The van der Waals surface area contributed by atoms with E-state index in [1.165, 1.54) is 12.1 Å². The van der Waals surface area contributed by atoms with E-state index in [1.807, 2.05) is 24.3 Å². The molecule has 1 heterocycles. The zero-order valence-electron chi connectivity index (χ0n) is 15.8. The zero-order valence-corrected chi connectivity index (χ0v) is 15.8. The largest absolute Gasteiger partial charge is 0.506 e. The molecule has 0 bridgehead atoms. The normalized spacial score (nSPS) is 25.6. The molecule has 7 heteroatoms. The number of amides is 1. The second kappa shape index (κ2) is 6.99. The number of hydrogen-bond donors (Lipinski definition) is 1. The second-order valence-electron chi connectivity index (χ2n) is 7.78. The lowest BCUT2D eigenvalue weighted by Gasteiger charge is -2.44. The number of halogens is 1. The summed E-state index contributed by atoms with van der Waals surface area (Å²) in [6, 6.07) is 13.5. The van der Waals surface area contributed by atoms with Crippen LogP contribution in [-0.2, 0) is 11.2 Å². The van der Waals surface area contributed by atoms with Gasteiger partial charge in [-0.15, -0.1) is 0 Å². The molecule has 2 aliphatic rings. The molecule has 1 N–H and O–H groups in total. The summed E-state index contributed by atoms with van der Waals surface area (Å²) in [5, 5.41) is 21.1. The summed E-state index contributed by atoms with van der Waals surface area (Å²) in [6.45, 7) is 3.80. The minimum atomic E-state index is -1.64. The average Bonchev–Trinajstić information content (AvgIpc) is 2.66.